The van der Waals surface area contributed by atoms with E-state index in [1.54, 1.807) is 0 Å². The van der Waals surface area contributed by atoms with Crippen molar-refractivity contribution in [3.05, 3.63) is 29.8 Å². The molecule has 1 amide bonds. The van der Waals surface area contributed by atoms with Crippen molar-refractivity contribution in [2.45, 2.75) is 25.8 Å². The van der Waals surface area contributed by atoms with Crippen LogP contribution in [-0.2, 0) is 4.79 Å². The van der Waals surface area contributed by atoms with Gasteiger partial charge in [-0.25, -0.2) is 0 Å². The molecule has 116 valence electrons. The molecule has 2 aliphatic rings. The zero-order valence-corrected chi connectivity index (χ0v) is 13.1. The lowest BCUT2D eigenvalue weighted by molar-refractivity contribution is -0.127. The average Bonchev–Trinajstić information content (AvgIpc) is 2.59. The third-order valence-electron chi connectivity index (χ3n) is 4.44. The van der Waals surface area contributed by atoms with E-state index < -0.39 is 0 Å². The molecule has 1 saturated heterocycles. The van der Waals surface area contributed by atoms with Crippen LogP contribution in [0.3, 0.4) is 0 Å². The maximum Gasteiger partial charge on any atom is 0.223 e. The van der Waals surface area contributed by atoms with Crippen LogP contribution in [0.5, 0.6) is 5.75 Å². The molecule has 2 N–H and O–H groups in total. The van der Waals surface area contributed by atoms with Crippen LogP contribution in [0.15, 0.2) is 24.3 Å². The number of hydrogen-bond donors (Lipinski definition) is 2. The number of amides is 1. The fraction of sp³-hybridized carbons (Fsp3) is 0.562. The molecule has 0 aromatic heterocycles. The summed E-state index contributed by atoms with van der Waals surface area (Å²) in [6.45, 7) is 4.67. The lowest BCUT2D eigenvalue weighted by Gasteiger charge is -2.32. The molecular formula is C16H23ClN2O2. The largest absolute Gasteiger partial charge is 0.493 e. The van der Waals surface area contributed by atoms with E-state index in [9.17, 15) is 4.79 Å². The maximum atomic E-state index is 12.4. The van der Waals surface area contributed by atoms with Gasteiger partial charge in [0.2, 0.25) is 5.91 Å². The van der Waals surface area contributed by atoms with Gasteiger partial charge in [0, 0.05) is 11.5 Å². The van der Waals surface area contributed by atoms with Crippen LogP contribution in [0, 0.1) is 11.8 Å². The molecule has 2 aliphatic heterocycles. The van der Waals surface area contributed by atoms with Gasteiger partial charge in [0.15, 0.2) is 0 Å². The number of nitrogens with one attached hydrogen (secondary N) is 2. The lowest BCUT2D eigenvalue weighted by atomic mass is 9.88. The predicted molar refractivity (Wildman–Crippen MR) is 84.8 cm³/mol. The summed E-state index contributed by atoms with van der Waals surface area (Å²) in [5.41, 5.74) is 1.11. The summed E-state index contributed by atoms with van der Waals surface area (Å²) in [5.74, 6) is 1.63. The van der Waals surface area contributed by atoms with Gasteiger partial charge in [0.1, 0.15) is 5.75 Å². The van der Waals surface area contributed by atoms with E-state index in [0.29, 0.717) is 5.92 Å². The van der Waals surface area contributed by atoms with E-state index in [0.717, 1.165) is 43.9 Å². The molecule has 1 fully saturated rings. The molecule has 0 bridgehead atoms. The quantitative estimate of drug-likeness (QED) is 0.900. The monoisotopic (exact) mass is 310 g/mol. The second-order valence-corrected chi connectivity index (χ2v) is 5.80. The van der Waals surface area contributed by atoms with Crippen molar-refractivity contribution in [2.75, 3.05) is 19.7 Å². The first-order chi connectivity index (χ1) is 9.75. The number of rotatable bonds is 3. The SMILES string of the molecule is CC(C(=O)NC1CCCOc2ccccc21)C1CNC1.Cl. The van der Waals surface area contributed by atoms with Gasteiger partial charge in [0.05, 0.1) is 12.6 Å². The van der Waals surface area contributed by atoms with Crippen molar-refractivity contribution in [3.8, 4) is 5.75 Å². The van der Waals surface area contributed by atoms with Crippen molar-refractivity contribution in [1.29, 1.82) is 0 Å². The van der Waals surface area contributed by atoms with E-state index in [-0.39, 0.29) is 30.3 Å². The van der Waals surface area contributed by atoms with Crippen molar-refractivity contribution < 1.29 is 9.53 Å². The molecule has 3 rings (SSSR count). The second kappa shape index (κ2) is 7.14. The molecule has 4 nitrogen and oxygen atoms in total. The number of halogens is 1. The molecule has 1 aromatic rings. The molecule has 1 aromatic carbocycles. The van der Waals surface area contributed by atoms with Gasteiger partial charge in [-0.15, -0.1) is 12.4 Å². The normalized spacial score (nSPS) is 22.6. The topological polar surface area (TPSA) is 50.4 Å². The second-order valence-electron chi connectivity index (χ2n) is 5.80. The van der Waals surface area contributed by atoms with Crippen molar-refractivity contribution >= 4 is 18.3 Å². The molecule has 2 unspecified atom stereocenters. The third-order valence-corrected chi connectivity index (χ3v) is 4.44. The number of benzene rings is 1. The van der Waals surface area contributed by atoms with E-state index in [4.69, 9.17) is 4.74 Å². The van der Waals surface area contributed by atoms with Crippen LogP contribution in [0.2, 0.25) is 0 Å². The van der Waals surface area contributed by atoms with Crippen molar-refractivity contribution in [3.63, 3.8) is 0 Å². The maximum absolute atomic E-state index is 12.4. The number of ether oxygens (including phenoxy) is 1. The van der Waals surface area contributed by atoms with E-state index in [1.807, 2.05) is 25.1 Å². The Morgan fingerprint density at radius 3 is 2.86 bits per heavy atom. The minimum Gasteiger partial charge on any atom is -0.493 e. The van der Waals surface area contributed by atoms with E-state index >= 15 is 0 Å². The third kappa shape index (κ3) is 3.50. The fourth-order valence-corrected chi connectivity index (χ4v) is 2.86. The summed E-state index contributed by atoms with van der Waals surface area (Å²) in [6, 6.07) is 8.11. The van der Waals surface area contributed by atoms with Gasteiger partial charge >= 0.3 is 0 Å². The summed E-state index contributed by atoms with van der Waals surface area (Å²) >= 11 is 0. The Morgan fingerprint density at radius 1 is 1.38 bits per heavy atom. The van der Waals surface area contributed by atoms with E-state index in [1.165, 1.54) is 0 Å². The zero-order chi connectivity index (χ0) is 13.9. The summed E-state index contributed by atoms with van der Waals surface area (Å²) in [6.07, 6.45) is 1.91. The highest BCUT2D eigenvalue weighted by Gasteiger charge is 2.30. The Morgan fingerprint density at radius 2 is 2.14 bits per heavy atom. The Hall–Kier alpha value is -1.26. The van der Waals surface area contributed by atoms with Gasteiger partial charge in [0.25, 0.3) is 0 Å². The predicted octanol–water partition coefficient (Wildman–Crippen LogP) is 2.29. The average molecular weight is 311 g/mol. The molecule has 0 spiro atoms. The van der Waals surface area contributed by atoms with Gasteiger partial charge in [-0.05, 0) is 37.9 Å². The summed E-state index contributed by atoms with van der Waals surface area (Å²) in [5, 5.41) is 6.44. The first-order valence-corrected chi connectivity index (χ1v) is 7.48. The highest BCUT2D eigenvalue weighted by atomic mass is 35.5. The van der Waals surface area contributed by atoms with Crippen LogP contribution in [0.25, 0.3) is 0 Å². The van der Waals surface area contributed by atoms with E-state index in [2.05, 4.69) is 16.7 Å². The lowest BCUT2D eigenvalue weighted by Crippen LogP contribution is -2.50. The Kier molecular flexibility index (Phi) is 5.48. The molecule has 2 atom stereocenters. The van der Waals surface area contributed by atoms with Gasteiger partial charge < -0.3 is 15.4 Å². The number of hydrogen-bond acceptors (Lipinski definition) is 3. The number of para-hydroxylation sites is 1. The molecule has 2 heterocycles. The van der Waals surface area contributed by atoms with Crippen LogP contribution in [-0.4, -0.2) is 25.6 Å². The standard InChI is InChI=1S/C16H22N2O2.ClH/c1-11(12-9-17-10-12)16(19)18-14-6-4-8-20-15-7-3-2-5-13(14)15;/h2-3,5,7,11-12,14,17H,4,6,8-10H2,1H3,(H,18,19);1H. The van der Waals surface area contributed by atoms with Crippen LogP contribution >= 0.6 is 12.4 Å². The van der Waals surface area contributed by atoms with Crippen molar-refractivity contribution in [1.82, 2.24) is 10.6 Å². The van der Waals surface area contributed by atoms with Gasteiger partial charge in [-0.1, -0.05) is 25.1 Å². The highest BCUT2D eigenvalue weighted by molar-refractivity contribution is 5.85. The molecule has 0 aliphatic carbocycles. The number of carbonyl (C=O) groups is 1. The summed E-state index contributed by atoms with van der Waals surface area (Å²) in [4.78, 5) is 12.4. The molecule has 21 heavy (non-hydrogen) atoms. The fourth-order valence-electron chi connectivity index (χ4n) is 2.86. The zero-order valence-electron chi connectivity index (χ0n) is 12.3. The highest BCUT2D eigenvalue weighted by Crippen LogP contribution is 2.31. The molecule has 5 heteroatoms. The summed E-state index contributed by atoms with van der Waals surface area (Å²) < 4.78 is 5.74. The minimum absolute atomic E-state index is 0. The van der Waals surface area contributed by atoms with Crippen molar-refractivity contribution in [2.24, 2.45) is 11.8 Å². The first-order valence-electron chi connectivity index (χ1n) is 7.48. The Balaban J connectivity index is 0.00000161. The van der Waals surface area contributed by atoms with Gasteiger partial charge in [-0.3, -0.25) is 4.79 Å². The smallest absolute Gasteiger partial charge is 0.223 e. The van der Waals surface area contributed by atoms with Crippen LogP contribution in [0.1, 0.15) is 31.4 Å². The van der Waals surface area contributed by atoms with Crippen LogP contribution in [0.4, 0.5) is 0 Å². The minimum atomic E-state index is 0. The Bertz CT molecular complexity index is 491. The first kappa shape index (κ1) is 16.1. The number of carbonyl (C=O) groups excluding carboxylic acids is 1. The summed E-state index contributed by atoms with van der Waals surface area (Å²) in [7, 11) is 0. The number of fused-ring (bicyclic) bond motifs is 1. The molecule has 0 radical (unpaired) electrons. The van der Waals surface area contributed by atoms with Gasteiger partial charge in [-0.2, -0.15) is 0 Å². The molecular weight excluding hydrogens is 288 g/mol. The van der Waals surface area contributed by atoms with Crippen LogP contribution < -0.4 is 15.4 Å². The Labute approximate surface area is 132 Å². The molecule has 0 saturated carbocycles.